The van der Waals surface area contributed by atoms with Gasteiger partial charge in [-0.3, -0.25) is 0 Å². The SMILES string of the molecule is COc1ccc(NC(C)=S)nc1. The number of nitrogens with zero attached hydrogens (tertiary/aromatic N) is 1. The van der Waals surface area contributed by atoms with Gasteiger partial charge < -0.3 is 10.1 Å². The maximum atomic E-state index is 4.95. The molecule has 0 unspecified atom stereocenters. The van der Waals surface area contributed by atoms with Crippen LogP contribution in [0.4, 0.5) is 5.82 Å². The molecular formula is C8H10N2OS. The summed E-state index contributed by atoms with van der Waals surface area (Å²) < 4.78 is 4.95. The fourth-order valence-electron chi connectivity index (χ4n) is 0.755. The number of hydrogen-bond donors (Lipinski definition) is 1. The number of anilines is 1. The average molecular weight is 182 g/mol. The highest BCUT2D eigenvalue weighted by Crippen LogP contribution is 2.10. The smallest absolute Gasteiger partial charge is 0.137 e. The number of thiocarbonyl (C=S) groups is 1. The second-order valence-corrected chi connectivity index (χ2v) is 2.88. The molecule has 0 saturated carbocycles. The van der Waals surface area contributed by atoms with Gasteiger partial charge in [-0.25, -0.2) is 4.98 Å². The first-order valence-electron chi connectivity index (χ1n) is 3.50. The van der Waals surface area contributed by atoms with Gasteiger partial charge in [0.1, 0.15) is 11.6 Å². The number of aromatic nitrogens is 1. The molecule has 1 heterocycles. The van der Waals surface area contributed by atoms with Gasteiger partial charge in [-0.2, -0.15) is 0 Å². The molecule has 0 aliphatic carbocycles. The number of rotatable bonds is 2. The van der Waals surface area contributed by atoms with E-state index in [1.54, 1.807) is 20.2 Å². The van der Waals surface area contributed by atoms with E-state index in [0.717, 1.165) is 11.6 Å². The minimum absolute atomic E-state index is 0.702. The number of hydrogen-bond acceptors (Lipinski definition) is 3. The van der Waals surface area contributed by atoms with Gasteiger partial charge in [-0.1, -0.05) is 12.2 Å². The molecule has 0 aliphatic heterocycles. The summed E-state index contributed by atoms with van der Waals surface area (Å²) >= 11 is 4.86. The van der Waals surface area contributed by atoms with Crippen molar-refractivity contribution in [3.8, 4) is 5.75 Å². The lowest BCUT2D eigenvalue weighted by molar-refractivity contribution is 0.413. The first kappa shape index (κ1) is 8.93. The third-order valence-electron chi connectivity index (χ3n) is 1.28. The second-order valence-electron chi connectivity index (χ2n) is 2.26. The Balaban J connectivity index is 2.71. The Hall–Kier alpha value is -1.16. The largest absolute Gasteiger partial charge is 0.495 e. The number of ether oxygens (including phenoxy) is 1. The quantitative estimate of drug-likeness (QED) is 0.708. The summed E-state index contributed by atoms with van der Waals surface area (Å²) in [4.78, 5) is 4.77. The van der Waals surface area contributed by atoms with Gasteiger partial charge in [0, 0.05) is 0 Å². The molecule has 0 atom stereocenters. The van der Waals surface area contributed by atoms with E-state index in [-0.39, 0.29) is 0 Å². The summed E-state index contributed by atoms with van der Waals surface area (Å²) in [6.45, 7) is 1.81. The Bertz CT molecular complexity index is 271. The summed E-state index contributed by atoms with van der Waals surface area (Å²) in [5, 5.41) is 2.92. The average Bonchev–Trinajstić information content (AvgIpc) is 2.05. The third kappa shape index (κ3) is 2.47. The molecule has 1 N–H and O–H groups in total. The Morgan fingerprint density at radius 2 is 2.33 bits per heavy atom. The van der Waals surface area contributed by atoms with Crippen molar-refractivity contribution in [3.63, 3.8) is 0 Å². The van der Waals surface area contributed by atoms with Crippen LogP contribution < -0.4 is 10.1 Å². The van der Waals surface area contributed by atoms with Crippen LogP contribution in [0, 0.1) is 0 Å². The zero-order valence-electron chi connectivity index (χ0n) is 7.00. The van der Waals surface area contributed by atoms with Crippen LogP contribution in [0.25, 0.3) is 0 Å². The maximum absolute atomic E-state index is 4.95. The molecule has 0 radical (unpaired) electrons. The lowest BCUT2D eigenvalue weighted by Crippen LogP contribution is -2.04. The molecule has 0 saturated heterocycles. The van der Waals surface area contributed by atoms with Gasteiger partial charge >= 0.3 is 0 Å². The van der Waals surface area contributed by atoms with Gasteiger partial charge in [-0.15, -0.1) is 0 Å². The van der Waals surface area contributed by atoms with Crippen molar-refractivity contribution in [2.24, 2.45) is 0 Å². The minimum atomic E-state index is 0.702. The molecule has 1 rings (SSSR count). The predicted molar refractivity (Wildman–Crippen MR) is 52.7 cm³/mol. The second kappa shape index (κ2) is 4.01. The highest BCUT2D eigenvalue weighted by atomic mass is 32.1. The lowest BCUT2D eigenvalue weighted by atomic mass is 10.4. The molecule has 0 amide bonds. The molecular weight excluding hydrogens is 172 g/mol. The maximum Gasteiger partial charge on any atom is 0.137 e. The topological polar surface area (TPSA) is 34.1 Å². The summed E-state index contributed by atoms with van der Waals surface area (Å²) in [5.41, 5.74) is 0. The molecule has 0 spiro atoms. The predicted octanol–water partition coefficient (Wildman–Crippen LogP) is 1.85. The van der Waals surface area contributed by atoms with Gasteiger partial charge in [0.2, 0.25) is 0 Å². The van der Waals surface area contributed by atoms with E-state index in [4.69, 9.17) is 17.0 Å². The fraction of sp³-hybridized carbons (Fsp3) is 0.250. The van der Waals surface area contributed by atoms with Crippen molar-refractivity contribution in [1.82, 2.24) is 4.98 Å². The molecule has 1 aromatic heterocycles. The Kier molecular flexibility index (Phi) is 2.99. The van der Waals surface area contributed by atoms with Crippen LogP contribution in [0.2, 0.25) is 0 Å². The van der Waals surface area contributed by atoms with E-state index < -0.39 is 0 Å². The molecule has 64 valence electrons. The van der Waals surface area contributed by atoms with Crippen LogP contribution >= 0.6 is 12.2 Å². The molecule has 1 aromatic rings. The van der Waals surface area contributed by atoms with Gasteiger partial charge in [0.15, 0.2) is 0 Å². The summed E-state index contributed by atoms with van der Waals surface area (Å²) in [6, 6.07) is 3.64. The highest BCUT2D eigenvalue weighted by Gasteiger charge is 1.94. The van der Waals surface area contributed by atoms with Crippen LogP contribution in [0.5, 0.6) is 5.75 Å². The van der Waals surface area contributed by atoms with E-state index in [1.165, 1.54) is 0 Å². The molecule has 12 heavy (non-hydrogen) atoms. The van der Waals surface area contributed by atoms with Crippen molar-refractivity contribution in [3.05, 3.63) is 18.3 Å². The highest BCUT2D eigenvalue weighted by molar-refractivity contribution is 7.80. The first-order valence-corrected chi connectivity index (χ1v) is 3.91. The standard InChI is InChI=1S/C8H10N2OS/c1-6(12)10-8-4-3-7(11-2)5-9-8/h3-5H,1-2H3,(H,9,10,12). The Morgan fingerprint density at radius 1 is 1.58 bits per heavy atom. The van der Waals surface area contributed by atoms with Gasteiger partial charge in [0.05, 0.1) is 18.3 Å². The monoisotopic (exact) mass is 182 g/mol. The zero-order chi connectivity index (χ0) is 8.97. The van der Waals surface area contributed by atoms with Crippen molar-refractivity contribution < 1.29 is 4.74 Å². The Morgan fingerprint density at radius 3 is 2.75 bits per heavy atom. The number of pyridine rings is 1. The van der Waals surface area contributed by atoms with E-state index in [0.29, 0.717) is 4.99 Å². The van der Waals surface area contributed by atoms with Crippen LogP contribution in [0.3, 0.4) is 0 Å². The normalized spacial score (nSPS) is 9.17. The summed E-state index contributed by atoms with van der Waals surface area (Å²) in [5.74, 6) is 1.48. The Labute approximate surface area is 76.8 Å². The van der Waals surface area contributed by atoms with E-state index in [1.807, 2.05) is 12.1 Å². The number of nitrogens with one attached hydrogen (secondary N) is 1. The third-order valence-corrected chi connectivity index (χ3v) is 1.38. The van der Waals surface area contributed by atoms with Crippen LogP contribution in [-0.2, 0) is 0 Å². The van der Waals surface area contributed by atoms with Crippen LogP contribution in [-0.4, -0.2) is 17.1 Å². The van der Waals surface area contributed by atoms with Gasteiger partial charge in [-0.05, 0) is 19.1 Å². The molecule has 0 bridgehead atoms. The van der Waals surface area contributed by atoms with Crippen molar-refractivity contribution >= 4 is 23.0 Å². The zero-order valence-corrected chi connectivity index (χ0v) is 7.81. The molecule has 4 heteroatoms. The molecule has 0 aliphatic rings. The summed E-state index contributed by atoms with van der Waals surface area (Å²) in [6.07, 6.45) is 1.64. The summed E-state index contributed by atoms with van der Waals surface area (Å²) in [7, 11) is 1.61. The lowest BCUT2D eigenvalue weighted by Gasteiger charge is -2.03. The molecule has 3 nitrogen and oxygen atoms in total. The minimum Gasteiger partial charge on any atom is -0.495 e. The molecule has 0 aromatic carbocycles. The van der Waals surface area contributed by atoms with E-state index in [2.05, 4.69) is 10.3 Å². The van der Waals surface area contributed by atoms with Crippen molar-refractivity contribution in [1.29, 1.82) is 0 Å². The van der Waals surface area contributed by atoms with E-state index >= 15 is 0 Å². The van der Waals surface area contributed by atoms with Crippen LogP contribution in [0.15, 0.2) is 18.3 Å². The molecule has 0 fully saturated rings. The van der Waals surface area contributed by atoms with E-state index in [9.17, 15) is 0 Å². The number of methoxy groups -OCH3 is 1. The first-order chi connectivity index (χ1) is 5.72. The van der Waals surface area contributed by atoms with Gasteiger partial charge in [0.25, 0.3) is 0 Å². The van der Waals surface area contributed by atoms with Crippen molar-refractivity contribution in [2.45, 2.75) is 6.92 Å². The fourth-order valence-corrected chi connectivity index (χ4v) is 0.860. The van der Waals surface area contributed by atoms with Crippen molar-refractivity contribution in [2.75, 3.05) is 12.4 Å². The van der Waals surface area contributed by atoms with Crippen LogP contribution in [0.1, 0.15) is 6.92 Å².